The largest absolute Gasteiger partial charge is 0.492 e. The predicted molar refractivity (Wildman–Crippen MR) is 100 cm³/mol. The second-order valence-electron chi connectivity index (χ2n) is 5.41. The molecule has 24 heavy (non-hydrogen) atoms. The van der Waals surface area contributed by atoms with Crippen molar-refractivity contribution >= 4 is 31.6 Å². The van der Waals surface area contributed by atoms with E-state index in [9.17, 15) is 8.42 Å². The summed E-state index contributed by atoms with van der Waals surface area (Å²) in [6.07, 6.45) is 0. The van der Waals surface area contributed by atoms with Crippen LogP contribution in [0.1, 0.15) is 12.5 Å². The summed E-state index contributed by atoms with van der Waals surface area (Å²) in [6, 6.07) is 12.7. The van der Waals surface area contributed by atoms with Crippen molar-refractivity contribution in [2.45, 2.75) is 18.4 Å². The second kappa shape index (κ2) is 8.00. The molecular formula is C17H21BrN2O3S. The van der Waals surface area contributed by atoms with Crippen LogP contribution in [0.5, 0.6) is 5.75 Å². The minimum absolute atomic E-state index is 0.128. The number of hydrogen-bond acceptors (Lipinski definition) is 4. The summed E-state index contributed by atoms with van der Waals surface area (Å²) in [4.78, 5) is 2.12. The Morgan fingerprint density at radius 2 is 1.79 bits per heavy atom. The molecule has 0 fully saturated rings. The molecule has 0 aliphatic heterocycles. The lowest BCUT2D eigenvalue weighted by atomic mass is 10.2. The van der Waals surface area contributed by atoms with Crippen LogP contribution in [0.25, 0.3) is 0 Å². The normalized spacial score (nSPS) is 11.3. The maximum absolute atomic E-state index is 12.6. The number of anilines is 1. The van der Waals surface area contributed by atoms with Crippen molar-refractivity contribution in [2.75, 3.05) is 25.6 Å². The van der Waals surface area contributed by atoms with Gasteiger partial charge in [-0.05, 0) is 42.8 Å². The zero-order chi connectivity index (χ0) is 17.7. The molecule has 0 aliphatic carbocycles. The van der Waals surface area contributed by atoms with Gasteiger partial charge in [0.2, 0.25) is 10.0 Å². The summed E-state index contributed by atoms with van der Waals surface area (Å²) in [6.45, 7) is 2.43. The van der Waals surface area contributed by atoms with Gasteiger partial charge in [0.25, 0.3) is 0 Å². The van der Waals surface area contributed by atoms with E-state index in [0.29, 0.717) is 16.8 Å². The Bertz CT molecular complexity index is 790. The van der Waals surface area contributed by atoms with E-state index in [1.54, 1.807) is 18.2 Å². The van der Waals surface area contributed by atoms with E-state index in [0.717, 1.165) is 11.3 Å². The summed E-state index contributed by atoms with van der Waals surface area (Å²) in [5, 5.41) is 0. The minimum Gasteiger partial charge on any atom is -0.492 e. The molecule has 5 nitrogen and oxygen atoms in total. The average Bonchev–Trinajstić information content (AvgIpc) is 2.55. The fourth-order valence-electron chi connectivity index (χ4n) is 2.13. The maximum Gasteiger partial charge on any atom is 0.244 e. The number of hydrogen-bond donors (Lipinski definition) is 1. The van der Waals surface area contributed by atoms with E-state index in [1.165, 1.54) is 0 Å². The maximum atomic E-state index is 12.6. The van der Waals surface area contributed by atoms with Gasteiger partial charge in [0, 0.05) is 30.8 Å². The van der Waals surface area contributed by atoms with E-state index in [4.69, 9.17) is 4.74 Å². The van der Waals surface area contributed by atoms with Crippen molar-refractivity contribution < 1.29 is 13.2 Å². The molecule has 2 aromatic rings. The van der Waals surface area contributed by atoms with Gasteiger partial charge in [-0.15, -0.1) is 0 Å². The Balaban J connectivity index is 2.18. The first kappa shape index (κ1) is 18.8. The molecule has 0 bridgehead atoms. The molecule has 2 rings (SSSR count). The molecule has 0 amide bonds. The van der Waals surface area contributed by atoms with Gasteiger partial charge in [-0.3, -0.25) is 0 Å². The van der Waals surface area contributed by atoms with Gasteiger partial charge in [0.15, 0.2) is 0 Å². The second-order valence-corrected chi connectivity index (χ2v) is 8.06. The van der Waals surface area contributed by atoms with Gasteiger partial charge in [0.05, 0.1) is 6.61 Å². The molecule has 0 radical (unpaired) electrons. The number of sulfonamides is 1. The van der Waals surface area contributed by atoms with E-state index in [-0.39, 0.29) is 11.4 Å². The van der Waals surface area contributed by atoms with Gasteiger partial charge in [-0.2, -0.15) is 0 Å². The lowest BCUT2D eigenvalue weighted by molar-refractivity contribution is 0.331. The molecule has 0 aliphatic rings. The highest BCUT2D eigenvalue weighted by Crippen LogP contribution is 2.27. The summed E-state index contributed by atoms with van der Waals surface area (Å²) < 4.78 is 33.9. The molecule has 0 aromatic heterocycles. The van der Waals surface area contributed by atoms with E-state index in [2.05, 4.69) is 20.7 Å². The highest BCUT2D eigenvalue weighted by Gasteiger charge is 2.20. The summed E-state index contributed by atoms with van der Waals surface area (Å²) in [7, 11) is 0.241. The fourth-order valence-corrected chi connectivity index (χ4v) is 3.83. The smallest absolute Gasteiger partial charge is 0.244 e. The number of nitrogens with one attached hydrogen (secondary N) is 1. The van der Waals surface area contributed by atoms with Crippen molar-refractivity contribution in [3.05, 3.63) is 52.5 Å². The van der Waals surface area contributed by atoms with Crippen LogP contribution in [0, 0.1) is 0 Å². The Morgan fingerprint density at radius 1 is 1.12 bits per heavy atom. The zero-order valence-corrected chi connectivity index (χ0v) is 16.3. The van der Waals surface area contributed by atoms with Gasteiger partial charge in [-0.1, -0.05) is 28.1 Å². The van der Waals surface area contributed by atoms with Crippen LogP contribution >= 0.6 is 15.9 Å². The minimum atomic E-state index is -3.68. The third-order valence-electron chi connectivity index (χ3n) is 3.41. The van der Waals surface area contributed by atoms with Crippen molar-refractivity contribution in [3.63, 3.8) is 0 Å². The number of nitrogens with zero attached hydrogens (tertiary/aromatic N) is 1. The molecule has 0 spiro atoms. The van der Waals surface area contributed by atoms with Crippen molar-refractivity contribution in [1.82, 2.24) is 4.72 Å². The molecule has 1 N–H and O–H groups in total. The fraction of sp³-hybridized carbons (Fsp3) is 0.294. The number of rotatable bonds is 7. The Labute approximate surface area is 151 Å². The monoisotopic (exact) mass is 412 g/mol. The molecule has 0 saturated carbocycles. The van der Waals surface area contributed by atoms with Crippen molar-refractivity contribution in [3.8, 4) is 5.75 Å². The van der Waals surface area contributed by atoms with Crippen LogP contribution in [-0.4, -0.2) is 29.1 Å². The van der Waals surface area contributed by atoms with Gasteiger partial charge in [-0.25, -0.2) is 13.1 Å². The highest BCUT2D eigenvalue weighted by atomic mass is 79.9. The number of benzene rings is 2. The number of ether oxygens (including phenoxy) is 1. The average molecular weight is 413 g/mol. The first-order valence-corrected chi connectivity index (χ1v) is 9.79. The summed E-state index contributed by atoms with van der Waals surface area (Å²) in [5.41, 5.74) is 1.95. The number of halogens is 1. The molecule has 0 saturated heterocycles. The van der Waals surface area contributed by atoms with Gasteiger partial charge < -0.3 is 9.64 Å². The van der Waals surface area contributed by atoms with Gasteiger partial charge >= 0.3 is 0 Å². The quantitative estimate of drug-likeness (QED) is 0.756. The SMILES string of the molecule is CCOc1ccc(Br)cc1S(=O)(=O)NCc1ccc(N(C)C)cc1. The summed E-state index contributed by atoms with van der Waals surface area (Å²) in [5.74, 6) is 0.344. The van der Waals surface area contributed by atoms with E-state index in [1.807, 2.05) is 50.2 Å². The first-order valence-electron chi connectivity index (χ1n) is 7.52. The first-order chi connectivity index (χ1) is 11.3. The Kier molecular flexibility index (Phi) is 6.26. The molecular weight excluding hydrogens is 392 g/mol. The lowest BCUT2D eigenvalue weighted by Gasteiger charge is -2.14. The van der Waals surface area contributed by atoms with E-state index >= 15 is 0 Å². The van der Waals surface area contributed by atoms with Crippen LogP contribution in [0.2, 0.25) is 0 Å². The molecule has 0 heterocycles. The third kappa shape index (κ3) is 4.72. The standard InChI is InChI=1S/C17H21BrN2O3S/c1-4-23-16-10-7-14(18)11-17(16)24(21,22)19-12-13-5-8-15(9-6-13)20(2)3/h5-11,19H,4,12H2,1-3H3. The molecule has 0 unspecified atom stereocenters. The summed E-state index contributed by atoms with van der Waals surface area (Å²) >= 11 is 3.30. The third-order valence-corrected chi connectivity index (χ3v) is 5.33. The van der Waals surface area contributed by atoms with Crippen LogP contribution in [0.4, 0.5) is 5.69 Å². The van der Waals surface area contributed by atoms with Gasteiger partial charge in [0.1, 0.15) is 10.6 Å². The lowest BCUT2D eigenvalue weighted by Crippen LogP contribution is -2.24. The predicted octanol–water partition coefficient (Wildman–Crippen LogP) is 3.39. The Morgan fingerprint density at radius 3 is 2.38 bits per heavy atom. The van der Waals surface area contributed by atoms with Crippen molar-refractivity contribution in [1.29, 1.82) is 0 Å². The Hall–Kier alpha value is -1.57. The van der Waals surface area contributed by atoms with E-state index < -0.39 is 10.0 Å². The molecule has 0 atom stereocenters. The highest BCUT2D eigenvalue weighted by molar-refractivity contribution is 9.10. The van der Waals surface area contributed by atoms with Crippen molar-refractivity contribution in [2.24, 2.45) is 0 Å². The molecule has 2 aromatic carbocycles. The van der Waals surface area contributed by atoms with Crippen LogP contribution in [-0.2, 0) is 16.6 Å². The zero-order valence-electron chi connectivity index (χ0n) is 13.9. The van der Waals surface area contributed by atoms with Crippen LogP contribution in [0.3, 0.4) is 0 Å². The topological polar surface area (TPSA) is 58.6 Å². The molecule has 7 heteroatoms. The van der Waals surface area contributed by atoms with Crippen LogP contribution < -0.4 is 14.4 Å². The van der Waals surface area contributed by atoms with Crippen LogP contribution in [0.15, 0.2) is 51.8 Å². The molecule has 130 valence electrons.